The van der Waals surface area contributed by atoms with Crippen LogP contribution in [0.4, 0.5) is 10.1 Å². The molecule has 9 heteroatoms. The van der Waals surface area contributed by atoms with Crippen LogP contribution in [0.1, 0.15) is 45.6 Å². The van der Waals surface area contributed by atoms with Crippen LogP contribution in [0.5, 0.6) is 0 Å². The zero-order chi connectivity index (χ0) is 21.4. The molecule has 0 saturated carbocycles. The number of amides is 3. The van der Waals surface area contributed by atoms with Gasteiger partial charge in [-0.25, -0.2) is 9.18 Å². The van der Waals surface area contributed by atoms with Gasteiger partial charge >= 0.3 is 5.97 Å². The van der Waals surface area contributed by atoms with E-state index in [9.17, 15) is 23.6 Å². The van der Waals surface area contributed by atoms with Crippen molar-refractivity contribution < 1.29 is 28.3 Å². The van der Waals surface area contributed by atoms with E-state index >= 15 is 0 Å². The van der Waals surface area contributed by atoms with Gasteiger partial charge in [0.05, 0.1) is 12.8 Å². The van der Waals surface area contributed by atoms with Crippen molar-refractivity contribution in [3.63, 3.8) is 0 Å². The Hall–Kier alpha value is -2.97. The van der Waals surface area contributed by atoms with Crippen LogP contribution in [0.2, 0.25) is 0 Å². The Morgan fingerprint density at radius 1 is 1.14 bits per heavy atom. The van der Waals surface area contributed by atoms with E-state index in [-0.39, 0.29) is 23.9 Å². The van der Waals surface area contributed by atoms with Gasteiger partial charge < -0.3 is 20.7 Å². The second-order valence-electron chi connectivity index (χ2n) is 6.36. The maximum atomic E-state index is 14.5. The van der Waals surface area contributed by atoms with Crippen LogP contribution in [0, 0.1) is 5.82 Å². The minimum Gasteiger partial charge on any atom is -0.467 e. The topological polar surface area (TPSA) is 114 Å². The number of methoxy groups -OCH3 is 1. The quantitative estimate of drug-likeness (QED) is 0.577. The highest BCUT2D eigenvalue weighted by molar-refractivity contribution is 5.96. The Kier molecular flexibility index (Phi) is 8.56. The van der Waals surface area contributed by atoms with Crippen molar-refractivity contribution in [1.82, 2.24) is 10.6 Å². The number of ether oxygens (including phenoxy) is 1. The molecule has 0 aromatic heterocycles. The summed E-state index contributed by atoms with van der Waals surface area (Å²) in [6, 6.07) is 2.27. The molecule has 0 radical (unpaired) electrons. The Morgan fingerprint density at radius 3 is 2.29 bits per heavy atom. The summed E-state index contributed by atoms with van der Waals surface area (Å²) in [7, 11) is 1.20. The molecule has 1 aromatic rings. The fourth-order valence-corrected chi connectivity index (χ4v) is 2.51. The number of carbonyl (C=O) groups excluding carboxylic acids is 4. The molecule has 1 unspecified atom stereocenters. The molecule has 0 heterocycles. The molecule has 154 valence electrons. The normalized spacial score (nSPS) is 13.6. The van der Waals surface area contributed by atoms with Crippen LogP contribution in [-0.2, 0) is 23.9 Å². The van der Waals surface area contributed by atoms with Crippen LogP contribution >= 0.6 is 0 Å². The fourth-order valence-electron chi connectivity index (χ4n) is 2.51. The molecule has 1 rings (SSSR count). The first-order valence-corrected chi connectivity index (χ1v) is 8.85. The van der Waals surface area contributed by atoms with E-state index < -0.39 is 35.7 Å². The lowest BCUT2D eigenvalue weighted by Crippen LogP contribution is -2.44. The minimum atomic E-state index is -0.975. The molecule has 0 spiro atoms. The first kappa shape index (κ1) is 23.1. The Balaban J connectivity index is 2.99. The lowest BCUT2D eigenvalue weighted by atomic mass is 9.92. The molecule has 3 amide bonds. The first-order chi connectivity index (χ1) is 13.1. The molecule has 28 heavy (non-hydrogen) atoms. The lowest BCUT2D eigenvalue weighted by molar-refractivity contribution is -0.145. The van der Waals surface area contributed by atoms with Gasteiger partial charge in [-0.3, -0.25) is 14.4 Å². The average Bonchev–Trinajstić information content (AvgIpc) is 2.65. The number of nitrogens with one attached hydrogen (secondary N) is 3. The Labute approximate surface area is 163 Å². The second kappa shape index (κ2) is 10.4. The number of benzene rings is 1. The maximum absolute atomic E-state index is 14.5. The Bertz CT molecular complexity index is 753. The molecule has 0 bridgehead atoms. The summed E-state index contributed by atoms with van der Waals surface area (Å²) >= 11 is 0. The van der Waals surface area contributed by atoms with Gasteiger partial charge in [-0.1, -0.05) is 19.9 Å². The van der Waals surface area contributed by atoms with E-state index in [4.69, 9.17) is 4.74 Å². The first-order valence-electron chi connectivity index (χ1n) is 8.85. The molecule has 1 aromatic carbocycles. The van der Waals surface area contributed by atoms with E-state index in [0.29, 0.717) is 5.56 Å². The summed E-state index contributed by atoms with van der Waals surface area (Å²) in [6.07, 6.45) is 0.187. The average molecular weight is 395 g/mol. The third-order valence-electron chi connectivity index (χ3n) is 4.18. The lowest BCUT2D eigenvalue weighted by Gasteiger charge is -2.23. The number of hydrogen-bond acceptors (Lipinski definition) is 5. The highest BCUT2D eigenvalue weighted by atomic mass is 19.1. The highest BCUT2D eigenvalue weighted by Crippen LogP contribution is 2.25. The fraction of sp³-hybridized carbons (Fsp3) is 0.474. The maximum Gasteiger partial charge on any atom is 0.328 e. The van der Waals surface area contributed by atoms with Crippen LogP contribution in [0.3, 0.4) is 0 Å². The summed E-state index contributed by atoms with van der Waals surface area (Å²) in [6.45, 7) is 6.05. The molecule has 3 atom stereocenters. The van der Waals surface area contributed by atoms with E-state index in [1.54, 1.807) is 19.9 Å². The van der Waals surface area contributed by atoms with Crippen molar-refractivity contribution in [1.29, 1.82) is 0 Å². The summed E-state index contributed by atoms with van der Waals surface area (Å²) in [5.41, 5.74) is 0.377. The van der Waals surface area contributed by atoms with Gasteiger partial charge in [0.15, 0.2) is 0 Å². The predicted octanol–water partition coefficient (Wildman–Crippen LogP) is 1.46. The molecule has 0 fully saturated rings. The van der Waals surface area contributed by atoms with Crippen molar-refractivity contribution in [2.24, 2.45) is 0 Å². The summed E-state index contributed by atoms with van der Waals surface area (Å²) < 4.78 is 19.2. The van der Waals surface area contributed by atoms with Crippen molar-refractivity contribution in [2.75, 3.05) is 12.4 Å². The van der Waals surface area contributed by atoms with Crippen molar-refractivity contribution in [3.05, 3.63) is 29.6 Å². The summed E-state index contributed by atoms with van der Waals surface area (Å²) in [4.78, 5) is 46.7. The van der Waals surface area contributed by atoms with E-state index in [1.165, 1.54) is 33.1 Å². The van der Waals surface area contributed by atoms with Crippen LogP contribution < -0.4 is 16.0 Å². The molecule has 0 aliphatic carbocycles. The molecular formula is C19H26FN3O5. The van der Waals surface area contributed by atoms with Gasteiger partial charge in [-0.2, -0.15) is 0 Å². The van der Waals surface area contributed by atoms with E-state index in [0.717, 1.165) is 0 Å². The van der Waals surface area contributed by atoms with Gasteiger partial charge in [-0.15, -0.1) is 0 Å². The second-order valence-corrected chi connectivity index (χ2v) is 6.36. The van der Waals surface area contributed by atoms with Crippen molar-refractivity contribution >= 4 is 29.4 Å². The number of hydrogen-bond donors (Lipinski definition) is 3. The minimum absolute atomic E-state index is 0.0645. The number of esters is 1. The highest BCUT2D eigenvalue weighted by Gasteiger charge is 2.29. The molecule has 0 aliphatic rings. The molecule has 8 nitrogen and oxygen atoms in total. The van der Waals surface area contributed by atoms with Crippen LogP contribution in [0.25, 0.3) is 0 Å². The zero-order valence-corrected chi connectivity index (χ0v) is 16.6. The van der Waals surface area contributed by atoms with Crippen molar-refractivity contribution in [3.8, 4) is 0 Å². The predicted molar refractivity (Wildman–Crippen MR) is 101 cm³/mol. The summed E-state index contributed by atoms with van der Waals surface area (Å²) in [5, 5.41) is 7.37. The standard InChI is InChI=1S/C19H26FN3O5/c1-6-16(25)23-17(19(27)28-5)10(2)13-7-8-15(14(20)9-13)22-18(26)11(3)21-12(4)24/h7-11,17H,6H2,1-5H3,(H,21,24)(H,22,26)(H,23,25)/t10-,11?,17+/m0/s1. The molecule has 0 saturated heterocycles. The third kappa shape index (κ3) is 6.33. The third-order valence-corrected chi connectivity index (χ3v) is 4.18. The molecular weight excluding hydrogens is 369 g/mol. The van der Waals surface area contributed by atoms with Crippen molar-refractivity contribution in [2.45, 2.75) is 52.1 Å². The SMILES string of the molecule is CCC(=O)N[C@@H](C(=O)OC)[C@@H](C)c1ccc(NC(=O)C(C)NC(C)=O)c(F)c1. The van der Waals surface area contributed by atoms with Gasteiger partial charge in [-0.05, 0) is 24.6 Å². The number of halogens is 1. The largest absolute Gasteiger partial charge is 0.467 e. The van der Waals surface area contributed by atoms with Crippen LogP contribution in [-0.4, -0.2) is 42.9 Å². The van der Waals surface area contributed by atoms with Gasteiger partial charge in [0.1, 0.15) is 17.9 Å². The number of rotatable bonds is 8. The van der Waals surface area contributed by atoms with E-state index in [1.807, 2.05) is 0 Å². The number of carbonyl (C=O) groups is 4. The molecule has 0 aliphatic heterocycles. The molecule has 3 N–H and O–H groups in total. The Morgan fingerprint density at radius 2 is 1.79 bits per heavy atom. The van der Waals surface area contributed by atoms with Gasteiger partial charge in [0.25, 0.3) is 0 Å². The smallest absolute Gasteiger partial charge is 0.328 e. The van der Waals surface area contributed by atoms with Gasteiger partial charge in [0, 0.05) is 19.3 Å². The monoisotopic (exact) mass is 395 g/mol. The zero-order valence-electron chi connectivity index (χ0n) is 16.6. The summed E-state index contributed by atoms with van der Waals surface area (Å²) in [5.74, 6) is -3.21. The van der Waals surface area contributed by atoms with Gasteiger partial charge in [0.2, 0.25) is 17.7 Å². The number of anilines is 1. The van der Waals surface area contributed by atoms with Crippen LogP contribution in [0.15, 0.2) is 18.2 Å². The van der Waals surface area contributed by atoms with E-state index in [2.05, 4.69) is 16.0 Å².